The zero-order valence-corrected chi connectivity index (χ0v) is 12.6. The van der Waals surface area contributed by atoms with E-state index in [0.29, 0.717) is 17.2 Å². The molecule has 1 amide bonds. The molecule has 3 rings (SSSR count). The molecule has 0 spiro atoms. The van der Waals surface area contributed by atoms with Crippen molar-refractivity contribution < 1.29 is 9.53 Å². The Kier molecular flexibility index (Phi) is 4.29. The molecular weight excluding hydrogens is 290 g/mol. The van der Waals surface area contributed by atoms with Crippen LogP contribution in [0.1, 0.15) is 16.2 Å². The summed E-state index contributed by atoms with van der Waals surface area (Å²) < 4.78 is 5.81. The van der Waals surface area contributed by atoms with Gasteiger partial charge in [0.15, 0.2) is 5.75 Å². The lowest BCUT2D eigenvalue weighted by atomic mass is 10.2. The fourth-order valence-corrected chi connectivity index (χ4v) is 1.97. The van der Waals surface area contributed by atoms with Crippen LogP contribution >= 0.6 is 0 Å². The van der Waals surface area contributed by atoms with Crippen molar-refractivity contribution in [2.24, 2.45) is 0 Å². The zero-order valence-electron chi connectivity index (χ0n) is 12.6. The summed E-state index contributed by atoms with van der Waals surface area (Å²) in [7, 11) is 0. The SMILES string of the molecule is Cc1cnc(C(=O)Nc2ccccc2Oc2ccccc2)cn1. The number of para-hydroxylation sites is 3. The summed E-state index contributed by atoms with van der Waals surface area (Å²) in [6.45, 7) is 1.82. The van der Waals surface area contributed by atoms with Gasteiger partial charge in [0, 0.05) is 6.20 Å². The number of rotatable bonds is 4. The van der Waals surface area contributed by atoms with Gasteiger partial charge < -0.3 is 10.1 Å². The molecule has 1 N–H and O–H groups in total. The molecule has 0 aliphatic carbocycles. The summed E-state index contributed by atoms with van der Waals surface area (Å²) in [5.41, 5.74) is 1.59. The molecule has 1 aromatic heterocycles. The van der Waals surface area contributed by atoms with Gasteiger partial charge in [-0.3, -0.25) is 9.78 Å². The molecule has 3 aromatic rings. The number of aromatic nitrogens is 2. The first kappa shape index (κ1) is 14.7. The number of anilines is 1. The highest BCUT2D eigenvalue weighted by atomic mass is 16.5. The van der Waals surface area contributed by atoms with Crippen molar-refractivity contribution in [2.75, 3.05) is 5.32 Å². The van der Waals surface area contributed by atoms with Gasteiger partial charge in [0.1, 0.15) is 11.4 Å². The Bertz CT molecular complexity index is 802. The second kappa shape index (κ2) is 6.70. The second-order valence-electron chi connectivity index (χ2n) is 4.91. The Morgan fingerprint density at radius 3 is 2.43 bits per heavy atom. The highest BCUT2D eigenvalue weighted by molar-refractivity contribution is 6.03. The fraction of sp³-hybridized carbons (Fsp3) is 0.0556. The van der Waals surface area contributed by atoms with Crippen LogP contribution in [0.3, 0.4) is 0 Å². The predicted molar refractivity (Wildman–Crippen MR) is 87.7 cm³/mol. The van der Waals surface area contributed by atoms with Crippen molar-refractivity contribution in [3.63, 3.8) is 0 Å². The predicted octanol–water partition coefficient (Wildman–Crippen LogP) is 3.83. The number of aryl methyl sites for hydroxylation is 1. The summed E-state index contributed by atoms with van der Waals surface area (Å²) in [5, 5.41) is 2.80. The average Bonchev–Trinajstić information content (AvgIpc) is 2.58. The first-order valence-corrected chi connectivity index (χ1v) is 7.14. The first-order chi connectivity index (χ1) is 11.2. The van der Waals surface area contributed by atoms with Crippen LogP contribution in [0.15, 0.2) is 67.0 Å². The normalized spacial score (nSPS) is 10.1. The number of hydrogen-bond donors (Lipinski definition) is 1. The van der Waals surface area contributed by atoms with Gasteiger partial charge in [0.25, 0.3) is 5.91 Å². The third-order valence-electron chi connectivity index (χ3n) is 3.12. The highest BCUT2D eigenvalue weighted by Gasteiger charge is 2.11. The van der Waals surface area contributed by atoms with Crippen LogP contribution in [-0.4, -0.2) is 15.9 Å². The number of carbonyl (C=O) groups is 1. The number of nitrogens with one attached hydrogen (secondary N) is 1. The summed E-state index contributed by atoms with van der Waals surface area (Å²) in [5.74, 6) is 0.929. The number of carbonyl (C=O) groups excluding carboxylic acids is 1. The van der Waals surface area contributed by atoms with E-state index >= 15 is 0 Å². The Morgan fingerprint density at radius 1 is 0.957 bits per heavy atom. The largest absolute Gasteiger partial charge is 0.455 e. The lowest BCUT2D eigenvalue weighted by Crippen LogP contribution is -2.14. The average molecular weight is 305 g/mol. The van der Waals surface area contributed by atoms with Crippen LogP contribution in [-0.2, 0) is 0 Å². The van der Waals surface area contributed by atoms with Gasteiger partial charge in [-0.25, -0.2) is 4.98 Å². The second-order valence-corrected chi connectivity index (χ2v) is 4.91. The molecule has 0 saturated carbocycles. The van der Waals surface area contributed by atoms with Gasteiger partial charge >= 0.3 is 0 Å². The van der Waals surface area contributed by atoms with E-state index in [-0.39, 0.29) is 11.6 Å². The van der Waals surface area contributed by atoms with E-state index in [9.17, 15) is 4.79 Å². The minimum absolute atomic E-state index is 0.255. The molecule has 0 aliphatic heterocycles. The third kappa shape index (κ3) is 3.71. The van der Waals surface area contributed by atoms with Crippen LogP contribution in [0, 0.1) is 6.92 Å². The standard InChI is InChI=1S/C18H15N3O2/c1-13-11-20-16(12-19-13)18(22)21-15-9-5-6-10-17(15)23-14-7-3-2-4-8-14/h2-12H,1H3,(H,21,22). The van der Waals surface area contributed by atoms with Gasteiger partial charge in [-0.1, -0.05) is 30.3 Å². The Hall–Kier alpha value is -3.21. The smallest absolute Gasteiger partial charge is 0.275 e. The Morgan fingerprint density at radius 2 is 1.70 bits per heavy atom. The van der Waals surface area contributed by atoms with Crippen molar-refractivity contribution in [1.29, 1.82) is 0 Å². The lowest BCUT2D eigenvalue weighted by molar-refractivity contribution is 0.102. The van der Waals surface area contributed by atoms with E-state index in [0.717, 1.165) is 5.69 Å². The van der Waals surface area contributed by atoms with Gasteiger partial charge in [-0.05, 0) is 31.2 Å². The number of nitrogens with zero attached hydrogens (tertiary/aromatic N) is 2. The van der Waals surface area contributed by atoms with Crippen molar-refractivity contribution >= 4 is 11.6 Å². The molecule has 0 atom stereocenters. The zero-order chi connectivity index (χ0) is 16.1. The van der Waals surface area contributed by atoms with Crippen molar-refractivity contribution in [2.45, 2.75) is 6.92 Å². The van der Waals surface area contributed by atoms with Gasteiger partial charge in [0.05, 0.1) is 17.6 Å². The maximum absolute atomic E-state index is 12.3. The molecule has 0 bridgehead atoms. The van der Waals surface area contributed by atoms with E-state index in [1.807, 2.05) is 49.4 Å². The molecule has 23 heavy (non-hydrogen) atoms. The summed E-state index contributed by atoms with van der Waals surface area (Å²) >= 11 is 0. The highest BCUT2D eigenvalue weighted by Crippen LogP contribution is 2.29. The molecule has 5 nitrogen and oxygen atoms in total. The van der Waals surface area contributed by atoms with E-state index in [1.165, 1.54) is 6.20 Å². The minimum Gasteiger partial charge on any atom is -0.455 e. The van der Waals surface area contributed by atoms with Crippen molar-refractivity contribution in [3.05, 3.63) is 78.4 Å². The van der Waals surface area contributed by atoms with Crippen LogP contribution < -0.4 is 10.1 Å². The minimum atomic E-state index is -0.332. The lowest BCUT2D eigenvalue weighted by Gasteiger charge is -2.11. The van der Waals surface area contributed by atoms with E-state index in [2.05, 4.69) is 15.3 Å². The van der Waals surface area contributed by atoms with E-state index in [1.54, 1.807) is 18.3 Å². The van der Waals surface area contributed by atoms with E-state index in [4.69, 9.17) is 4.74 Å². The fourth-order valence-electron chi connectivity index (χ4n) is 1.97. The van der Waals surface area contributed by atoms with Crippen molar-refractivity contribution in [3.8, 4) is 11.5 Å². The van der Waals surface area contributed by atoms with Gasteiger partial charge in [-0.15, -0.1) is 0 Å². The number of hydrogen-bond acceptors (Lipinski definition) is 4. The molecule has 2 aromatic carbocycles. The molecule has 0 aliphatic rings. The Balaban J connectivity index is 1.80. The molecule has 0 unspecified atom stereocenters. The molecule has 0 saturated heterocycles. The van der Waals surface area contributed by atoms with Crippen LogP contribution in [0.4, 0.5) is 5.69 Å². The van der Waals surface area contributed by atoms with Gasteiger partial charge in [-0.2, -0.15) is 0 Å². The summed E-state index contributed by atoms with van der Waals surface area (Å²) in [4.78, 5) is 20.4. The maximum atomic E-state index is 12.3. The monoisotopic (exact) mass is 305 g/mol. The molecule has 1 heterocycles. The number of ether oxygens (including phenoxy) is 1. The third-order valence-corrected chi connectivity index (χ3v) is 3.12. The Labute approximate surface area is 134 Å². The van der Waals surface area contributed by atoms with Crippen molar-refractivity contribution in [1.82, 2.24) is 9.97 Å². The van der Waals surface area contributed by atoms with Crippen LogP contribution in [0.25, 0.3) is 0 Å². The number of benzene rings is 2. The summed E-state index contributed by atoms with van der Waals surface area (Å²) in [6, 6.07) is 16.6. The number of amides is 1. The topological polar surface area (TPSA) is 64.1 Å². The van der Waals surface area contributed by atoms with Crippen LogP contribution in [0.5, 0.6) is 11.5 Å². The molecule has 0 fully saturated rings. The molecule has 114 valence electrons. The van der Waals surface area contributed by atoms with Crippen LogP contribution in [0.2, 0.25) is 0 Å². The van der Waals surface area contributed by atoms with Gasteiger partial charge in [0.2, 0.25) is 0 Å². The molecule has 5 heteroatoms. The summed E-state index contributed by atoms with van der Waals surface area (Å²) in [6.07, 6.45) is 3.01. The molecular formula is C18H15N3O2. The quantitative estimate of drug-likeness (QED) is 0.795. The molecule has 0 radical (unpaired) electrons. The maximum Gasteiger partial charge on any atom is 0.275 e. The van der Waals surface area contributed by atoms with E-state index < -0.39 is 0 Å². The first-order valence-electron chi connectivity index (χ1n) is 7.14.